The van der Waals surface area contributed by atoms with Crippen molar-refractivity contribution in [3.8, 4) is 0 Å². The van der Waals surface area contributed by atoms with E-state index in [1.165, 1.54) is 19.4 Å². The lowest BCUT2D eigenvalue weighted by molar-refractivity contribution is -0.156. The molecule has 2 aliphatic heterocycles. The molecule has 1 N–H and O–H groups in total. The fourth-order valence-electron chi connectivity index (χ4n) is 10.6. The third-order valence-electron chi connectivity index (χ3n) is 12.3. The summed E-state index contributed by atoms with van der Waals surface area (Å²) in [6.45, 7) is 13.4. The zero-order valence-corrected chi connectivity index (χ0v) is 26.4. The standard InChI is InChI=1S/C34H46O9/c1-15(9-8-10-40-20(6)35)26-16(2)11-25-28(29(26)37)34(32(39)43-25)14-33-17(3)12-24-22(18(4)31(38)42-24)13-23(33)19(5)27(34)30(33)41-21(7)36/h15,17-18,22,24-25,27-30,37H,8-14H2,1-7H3/t15-,17-,18-,22+,24-,25+,27-,28?,29+,30-,33-,34+/m0/s1. The highest BCUT2D eigenvalue weighted by molar-refractivity contribution is 5.84. The number of carbonyl (C=O) groups excluding carboxylic acids is 4. The summed E-state index contributed by atoms with van der Waals surface area (Å²) in [6.07, 6.45) is 1.62. The predicted molar refractivity (Wildman–Crippen MR) is 154 cm³/mol. The molecule has 0 aromatic rings. The van der Waals surface area contributed by atoms with E-state index < -0.39 is 41.0 Å². The normalized spacial score (nSPS) is 43.6. The predicted octanol–water partition coefficient (Wildman–Crippen LogP) is 4.45. The van der Waals surface area contributed by atoms with Gasteiger partial charge in [-0.25, -0.2) is 0 Å². The van der Waals surface area contributed by atoms with E-state index >= 15 is 0 Å². The lowest BCUT2D eigenvalue weighted by Gasteiger charge is -2.45. The van der Waals surface area contributed by atoms with Crippen LogP contribution in [0, 0.1) is 46.3 Å². The molecule has 4 aliphatic carbocycles. The number of esters is 4. The van der Waals surface area contributed by atoms with Gasteiger partial charge in [0, 0.05) is 43.4 Å². The third-order valence-corrected chi connectivity index (χ3v) is 12.3. The van der Waals surface area contributed by atoms with Crippen molar-refractivity contribution in [3.05, 3.63) is 22.3 Å². The molecule has 2 saturated carbocycles. The van der Waals surface area contributed by atoms with Crippen LogP contribution in [0.3, 0.4) is 0 Å². The third kappa shape index (κ3) is 4.19. The molecule has 0 radical (unpaired) electrons. The zero-order chi connectivity index (χ0) is 31.2. The van der Waals surface area contributed by atoms with Crippen LogP contribution in [0.1, 0.15) is 87.0 Å². The lowest BCUT2D eigenvalue weighted by atomic mass is 9.55. The lowest BCUT2D eigenvalue weighted by Crippen LogP contribution is -2.50. The van der Waals surface area contributed by atoms with Crippen molar-refractivity contribution < 1.29 is 43.2 Å². The van der Waals surface area contributed by atoms with Crippen LogP contribution < -0.4 is 0 Å². The Balaban J connectivity index is 1.40. The summed E-state index contributed by atoms with van der Waals surface area (Å²) in [5, 5.41) is 12.2. The highest BCUT2D eigenvalue weighted by Crippen LogP contribution is 2.76. The summed E-state index contributed by atoms with van der Waals surface area (Å²) in [6, 6.07) is 0. The van der Waals surface area contributed by atoms with Gasteiger partial charge in [0.15, 0.2) is 0 Å². The Morgan fingerprint density at radius 3 is 2.44 bits per heavy atom. The van der Waals surface area contributed by atoms with Crippen molar-refractivity contribution >= 4 is 23.9 Å². The maximum atomic E-state index is 14.3. The molecule has 0 amide bonds. The second-order valence-electron chi connectivity index (χ2n) is 14.4. The Labute approximate surface area is 253 Å². The largest absolute Gasteiger partial charge is 0.466 e. The van der Waals surface area contributed by atoms with Crippen molar-refractivity contribution in [2.24, 2.45) is 46.3 Å². The van der Waals surface area contributed by atoms with Gasteiger partial charge in [-0.1, -0.05) is 37.5 Å². The quantitative estimate of drug-likeness (QED) is 0.204. The molecule has 2 spiro atoms. The molecule has 2 heterocycles. The van der Waals surface area contributed by atoms with E-state index in [4.69, 9.17) is 18.9 Å². The van der Waals surface area contributed by atoms with E-state index in [1.807, 2.05) is 13.8 Å². The average Bonchev–Trinajstić information content (AvgIpc) is 3.49. The van der Waals surface area contributed by atoms with Gasteiger partial charge < -0.3 is 24.1 Å². The summed E-state index contributed by atoms with van der Waals surface area (Å²) in [5.74, 6) is -2.20. The van der Waals surface area contributed by atoms with Crippen LogP contribution in [0.2, 0.25) is 0 Å². The minimum absolute atomic E-state index is 0.0243. The maximum Gasteiger partial charge on any atom is 0.313 e. The zero-order valence-electron chi connectivity index (χ0n) is 26.4. The van der Waals surface area contributed by atoms with Crippen molar-refractivity contribution in [1.82, 2.24) is 0 Å². The Kier molecular flexibility index (Phi) is 7.38. The Morgan fingerprint density at radius 2 is 1.77 bits per heavy atom. The van der Waals surface area contributed by atoms with Gasteiger partial charge in [0.1, 0.15) is 18.3 Å². The summed E-state index contributed by atoms with van der Waals surface area (Å²) in [5.41, 5.74) is 2.59. The molecule has 0 aromatic carbocycles. The molecule has 9 nitrogen and oxygen atoms in total. The summed E-state index contributed by atoms with van der Waals surface area (Å²) < 4.78 is 23.4. The summed E-state index contributed by atoms with van der Waals surface area (Å²) in [4.78, 5) is 50.7. The van der Waals surface area contributed by atoms with Crippen LogP contribution >= 0.6 is 0 Å². The van der Waals surface area contributed by atoms with Crippen LogP contribution in [0.5, 0.6) is 0 Å². The number of ether oxygens (including phenoxy) is 4. The Bertz CT molecular complexity index is 1310. The molecule has 2 bridgehead atoms. The van der Waals surface area contributed by atoms with Crippen LogP contribution in [0.15, 0.2) is 22.3 Å². The molecule has 1 unspecified atom stereocenters. The molecule has 2 saturated heterocycles. The average molecular weight is 599 g/mol. The minimum Gasteiger partial charge on any atom is -0.466 e. The first-order valence-electron chi connectivity index (χ1n) is 16.1. The van der Waals surface area contributed by atoms with Gasteiger partial charge in [-0.2, -0.15) is 0 Å². The van der Waals surface area contributed by atoms with Gasteiger partial charge in [-0.3, -0.25) is 19.2 Å². The first kappa shape index (κ1) is 30.4. The summed E-state index contributed by atoms with van der Waals surface area (Å²) in [7, 11) is 0. The van der Waals surface area contributed by atoms with E-state index in [1.54, 1.807) is 0 Å². The van der Waals surface area contributed by atoms with Crippen LogP contribution in [-0.2, 0) is 38.1 Å². The van der Waals surface area contributed by atoms with E-state index in [0.29, 0.717) is 38.7 Å². The second-order valence-corrected chi connectivity index (χ2v) is 14.4. The molecule has 6 aliphatic rings. The van der Waals surface area contributed by atoms with Gasteiger partial charge in [0.2, 0.25) is 0 Å². The van der Waals surface area contributed by atoms with E-state index in [9.17, 15) is 24.3 Å². The molecule has 43 heavy (non-hydrogen) atoms. The SMILES string of the molecule is CC(=O)OCCC[C@H](C)C1=C(C)C[C@H]2OC(=O)[C@@]3(C[C@]45C(=C(C)[C@H]3[C@@H]4OC(C)=O)C[C@H]3[C@H](C[C@@H]5C)OC(=O)[C@H]3C)C2[C@@H]1O. The first-order chi connectivity index (χ1) is 20.2. The second kappa shape index (κ2) is 10.5. The van der Waals surface area contributed by atoms with Crippen LogP contribution in [0.25, 0.3) is 0 Å². The van der Waals surface area contributed by atoms with E-state index in [0.717, 1.165) is 23.1 Å². The van der Waals surface area contributed by atoms with Crippen molar-refractivity contribution in [2.45, 2.75) is 111 Å². The number of aliphatic hydroxyl groups excluding tert-OH is 1. The monoisotopic (exact) mass is 598 g/mol. The van der Waals surface area contributed by atoms with E-state index in [2.05, 4.69) is 20.8 Å². The number of aliphatic hydroxyl groups is 1. The number of carbonyl (C=O) groups is 4. The molecule has 12 atom stereocenters. The van der Waals surface area contributed by atoms with Crippen molar-refractivity contribution in [2.75, 3.05) is 6.61 Å². The number of hydrogen-bond acceptors (Lipinski definition) is 9. The van der Waals surface area contributed by atoms with E-state index in [-0.39, 0.29) is 53.7 Å². The number of fused-ring (bicyclic) bond motifs is 5. The van der Waals surface area contributed by atoms with Crippen LogP contribution in [-0.4, -0.2) is 60.0 Å². The number of rotatable bonds is 6. The van der Waals surface area contributed by atoms with Gasteiger partial charge >= 0.3 is 23.9 Å². The molecule has 9 heteroatoms. The molecule has 6 rings (SSSR count). The Hall–Kier alpha value is -2.68. The smallest absolute Gasteiger partial charge is 0.313 e. The fourth-order valence-corrected chi connectivity index (χ4v) is 10.6. The van der Waals surface area contributed by atoms with Gasteiger partial charge in [0.25, 0.3) is 0 Å². The molecular weight excluding hydrogens is 552 g/mol. The van der Waals surface area contributed by atoms with Crippen molar-refractivity contribution in [1.29, 1.82) is 0 Å². The van der Waals surface area contributed by atoms with Crippen LogP contribution in [0.4, 0.5) is 0 Å². The molecule has 236 valence electrons. The highest BCUT2D eigenvalue weighted by Gasteiger charge is 2.79. The molecular formula is C34H46O9. The first-order valence-corrected chi connectivity index (χ1v) is 16.1. The number of hydrogen-bond donors (Lipinski definition) is 1. The summed E-state index contributed by atoms with van der Waals surface area (Å²) >= 11 is 0. The minimum atomic E-state index is -1.03. The Morgan fingerprint density at radius 1 is 1.05 bits per heavy atom. The van der Waals surface area contributed by atoms with Gasteiger partial charge in [-0.05, 0) is 63.4 Å². The highest BCUT2D eigenvalue weighted by atomic mass is 16.6. The van der Waals surface area contributed by atoms with Gasteiger partial charge in [-0.15, -0.1) is 0 Å². The topological polar surface area (TPSA) is 125 Å². The van der Waals surface area contributed by atoms with Crippen molar-refractivity contribution in [3.63, 3.8) is 0 Å². The fraction of sp³-hybridized carbons (Fsp3) is 0.765. The molecule has 0 aromatic heterocycles. The maximum absolute atomic E-state index is 14.3. The molecule has 4 fully saturated rings. The van der Waals surface area contributed by atoms with Gasteiger partial charge in [0.05, 0.1) is 24.0 Å².